The molecule has 20 heavy (non-hydrogen) atoms. The molecule has 0 amide bonds. The number of carbonyl (C=O) groups is 1. The minimum atomic E-state index is -0.906. The topological polar surface area (TPSA) is 92.5 Å². The fraction of sp³-hybridized carbons (Fsp3) is 0.462. The van der Waals surface area contributed by atoms with Crippen molar-refractivity contribution in [2.45, 2.75) is 37.6 Å². The highest BCUT2D eigenvalue weighted by Gasteiger charge is 2.37. The van der Waals surface area contributed by atoms with Crippen LogP contribution in [0, 0.1) is 10.1 Å². The molecule has 1 aliphatic rings. The van der Waals surface area contributed by atoms with Crippen LogP contribution >= 0.6 is 11.6 Å². The molecule has 0 spiro atoms. The van der Waals surface area contributed by atoms with E-state index in [4.69, 9.17) is 16.7 Å². The number of hydrogen-bond donors (Lipinski definition) is 2. The van der Waals surface area contributed by atoms with Gasteiger partial charge in [-0.25, -0.2) is 0 Å². The average molecular weight is 299 g/mol. The standard InChI is InChI=1S/C13H15ClN2O4/c14-9-3-4-10(11(7-9)16(19)20)15-13(8-12(17)18)5-1-2-6-13/h3-4,7,15H,1-2,5-6,8H2,(H,17,18). The number of nitro groups is 1. The van der Waals surface area contributed by atoms with Gasteiger partial charge in [-0.2, -0.15) is 0 Å². The molecule has 6 nitrogen and oxygen atoms in total. The third-order valence-corrected chi connectivity index (χ3v) is 3.84. The monoisotopic (exact) mass is 298 g/mol. The van der Waals surface area contributed by atoms with Crippen LogP contribution < -0.4 is 5.32 Å². The third-order valence-electron chi connectivity index (χ3n) is 3.61. The summed E-state index contributed by atoms with van der Waals surface area (Å²) in [6.07, 6.45) is 3.17. The van der Waals surface area contributed by atoms with Crippen LogP contribution in [-0.2, 0) is 4.79 Å². The van der Waals surface area contributed by atoms with Crippen LogP contribution in [0.3, 0.4) is 0 Å². The first-order valence-corrected chi connectivity index (χ1v) is 6.74. The third kappa shape index (κ3) is 3.19. The van der Waals surface area contributed by atoms with Crippen LogP contribution in [-0.4, -0.2) is 21.5 Å². The van der Waals surface area contributed by atoms with Crippen LogP contribution in [0.5, 0.6) is 0 Å². The Kier molecular flexibility index (Phi) is 4.13. The molecule has 0 bridgehead atoms. The number of carboxylic acid groups (broad SMARTS) is 1. The van der Waals surface area contributed by atoms with Crippen molar-refractivity contribution >= 4 is 28.9 Å². The quantitative estimate of drug-likeness (QED) is 0.641. The second-order valence-corrected chi connectivity index (χ2v) is 5.54. The molecule has 1 aromatic rings. The summed E-state index contributed by atoms with van der Waals surface area (Å²) >= 11 is 5.77. The normalized spacial score (nSPS) is 16.9. The Bertz CT molecular complexity index is 541. The fourth-order valence-corrected chi connectivity index (χ4v) is 2.90. The van der Waals surface area contributed by atoms with Gasteiger partial charge in [0.25, 0.3) is 5.69 Å². The van der Waals surface area contributed by atoms with E-state index < -0.39 is 16.4 Å². The zero-order chi connectivity index (χ0) is 14.8. The van der Waals surface area contributed by atoms with E-state index >= 15 is 0 Å². The van der Waals surface area contributed by atoms with Crippen molar-refractivity contribution in [3.63, 3.8) is 0 Å². The van der Waals surface area contributed by atoms with Gasteiger partial charge in [-0.3, -0.25) is 14.9 Å². The number of nitrogens with one attached hydrogen (secondary N) is 1. The van der Waals surface area contributed by atoms with Crippen molar-refractivity contribution in [3.05, 3.63) is 33.3 Å². The van der Waals surface area contributed by atoms with Gasteiger partial charge >= 0.3 is 5.97 Å². The van der Waals surface area contributed by atoms with E-state index in [-0.39, 0.29) is 17.1 Å². The van der Waals surface area contributed by atoms with Gasteiger partial charge in [0, 0.05) is 16.6 Å². The van der Waals surface area contributed by atoms with Gasteiger partial charge in [0.05, 0.1) is 11.3 Å². The molecule has 1 saturated carbocycles. The Morgan fingerprint density at radius 2 is 2.10 bits per heavy atom. The molecule has 0 atom stereocenters. The van der Waals surface area contributed by atoms with E-state index in [1.165, 1.54) is 12.1 Å². The van der Waals surface area contributed by atoms with Crippen LogP contribution in [0.4, 0.5) is 11.4 Å². The van der Waals surface area contributed by atoms with Crippen LogP contribution in [0.25, 0.3) is 0 Å². The number of aliphatic carboxylic acids is 1. The van der Waals surface area contributed by atoms with E-state index in [2.05, 4.69) is 5.32 Å². The SMILES string of the molecule is O=C(O)CC1(Nc2ccc(Cl)cc2[N+](=O)[O-])CCCC1. The van der Waals surface area contributed by atoms with Crippen molar-refractivity contribution in [1.82, 2.24) is 0 Å². The minimum absolute atomic E-state index is 0.0488. The summed E-state index contributed by atoms with van der Waals surface area (Å²) in [6, 6.07) is 4.36. The molecule has 0 unspecified atom stereocenters. The second kappa shape index (κ2) is 5.66. The molecule has 0 aliphatic heterocycles. The summed E-state index contributed by atoms with van der Waals surface area (Å²) in [5, 5.41) is 23.5. The Balaban J connectivity index is 2.31. The maximum Gasteiger partial charge on any atom is 0.305 e. The smallest absolute Gasteiger partial charge is 0.305 e. The number of anilines is 1. The first-order valence-electron chi connectivity index (χ1n) is 6.36. The van der Waals surface area contributed by atoms with Crippen molar-refractivity contribution in [3.8, 4) is 0 Å². The molecule has 1 aromatic carbocycles. The number of hydrogen-bond acceptors (Lipinski definition) is 4. The molecule has 0 heterocycles. The molecule has 1 aliphatic carbocycles. The predicted octanol–water partition coefficient (Wildman–Crippen LogP) is 3.45. The zero-order valence-electron chi connectivity index (χ0n) is 10.8. The second-order valence-electron chi connectivity index (χ2n) is 5.10. The molecule has 0 aromatic heterocycles. The van der Waals surface area contributed by atoms with Gasteiger partial charge in [-0.05, 0) is 25.0 Å². The highest BCUT2D eigenvalue weighted by molar-refractivity contribution is 6.30. The Hall–Kier alpha value is -1.82. The van der Waals surface area contributed by atoms with Crippen molar-refractivity contribution in [2.75, 3.05) is 5.32 Å². The lowest BCUT2D eigenvalue weighted by Crippen LogP contribution is -2.37. The van der Waals surface area contributed by atoms with E-state index in [0.717, 1.165) is 12.8 Å². The van der Waals surface area contributed by atoms with Crippen LogP contribution in [0.2, 0.25) is 5.02 Å². The van der Waals surface area contributed by atoms with Gasteiger partial charge in [0.2, 0.25) is 0 Å². The molecule has 108 valence electrons. The molecule has 7 heteroatoms. The lowest BCUT2D eigenvalue weighted by atomic mass is 9.92. The summed E-state index contributed by atoms with van der Waals surface area (Å²) in [4.78, 5) is 21.6. The van der Waals surface area contributed by atoms with Crippen molar-refractivity contribution < 1.29 is 14.8 Å². The first kappa shape index (κ1) is 14.6. The number of rotatable bonds is 5. The summed E-state index contributed by atoms with van der Waals surface area (Å²) in [5.41, 5.74) is -0.415. The van der Waals surface area contributed by atoms with Gasteiger partial charge in [-0.1, -0.05) is 24.4 Å². The summed E-state index contributed by atoms with van der Waals surface area (Å²) < 4.78 is 0. The average Bonchev–Trinajstić information content (AvgIpc) is 2.78. The predicted molar refractivity (Wildman–Crippen MR) is 75.2 cm³/mol. The van der Waals surface area contributed by atoms with Crippen LogP contribution in [0.15, 0.2) is 18.2 Å². The van der Waals surface area contributed by atoms with Gasteiger partial charge in [-0.15, -0.1) is 0 Å². The fourth-order valence-electron chi connectivity index (χ4n) is 2.73. The molecule has 2 N–H and O–H groups in total. The summed E-state index contributed by atoms with van der Waals surface area (Å²) in [6.45, 7) is 0. The lowest BCUT2D eigenvalue weighted by molar-refractivity contribution is -0.384. The van der Waals surface area contributed by atoms with Crippen LogP contribution in [0.1, 0.15) is 32.1 Å². The summed E-state index contributed by atoms with van der Waals surface area (Å²) in [5.74, 6) is -0.906. The Morgan fingerprint density at radius 1 is 1.45 bits per heavy atom. The number of benzene rings is 1. The van der Waals surface area contributed by atoms with E-state index in [1.807, 2.05) is 0 Å². The minimum Gasteiger partial charge on any atom is -0.481 e. The largest absolute Gasteiger partial charge is 0.481 e. The van der Waals surface area contributed by atoms with E-state index in [0.29, 0.717) is 18.5 Å². The maximum atomic E-state index is 11.1. The highest BCUT2D eigenvalue weighted by Crippen LogP contribution is 2.39. The zero-order valence-corrected chi connectivity index (χ0v) is 11.5. The van der Waals surface area contributed by atoms with E-state index in [1.54, 1.807) is 6.07 Å². The van der Waals surface area contributed by atoms with Gasteiger partial charge in [0.1, 0.15) is 5.69 Å². The molecule has 2 rings (SSSR count). The molecule has 0 saturated heterocycles. The number of carboxylic acids is 1. The van der Waals surface area contributed by atoms with Gasteiger partial charge in [0.15, 0.2) is 0 Å². The Morgan fingerprint density at radius 3 is 2.65 bits per heavy atom. The molecule has 1 fully saturated rings. The van der Waals surface area contributed by atoms with Crippen molar-refractivity contribution in [1.29, 1.82) is 0 Å². The number of nitro benzene ring substituents is 1. The summed E-state index contributed by atoms with van der Waals surface area (Å²) in [7, 11) is 0. The lowest BCUT2D eigenvalue weighted by Gasteiger charge is -2.29. The van der Waals surface area contributed by atoms with E-state index in [9.17, 15) is 14.9 Å². The highest BCUT2D eigenvalue weighted by atomic mass is 35.5. The first-order chi connectivity index (χ1) is 9.42. The maximum absolute atomic E-state index is 11.1. The number of halogens is 1. The number of nitrogens with zero attached hydrogens (tertiary/aromatic N) is 1. The Labute approximate surface area is 120 Å². The van der Waals surface area contributed by atoms with Crippen molar-refractivity contribution in [2.24, 2.45) is 0 Å². The van der Waals surface area contributed by atoms with Gasteiger partial charge < -0.3 is 10.4 Å². The molecular weight excluding hydrogens is 284 g/mol. The molecule has 0 radical (unpaired) electrons. The molecular formula is C13H15ClN2O4.